The maximum Gasteiger partial charge on any atom is 0.0714 e. The van der Waals surface area contributed by atoms with Gasteiger partial charge < -0.3 is 4.90 Å². The summed E-state index contributed by atoms with van der Waals surface area (Å²) in [5, 5.41) is 0. The summed E-state index contributed by atoms with van der Waals surface area (Å²) in [7, 11) is 0. The van der Waals surface area contributed by atoms with E-state index in [0.717, 1.165) is 17.1 Å². The van der Waals surface area contributed by atoms with Crippen molar-refractivity contribution in [3.05, 3.63) is 304 Å². The summed E-state index contributed by atoms with van der Waals surface area (Å²) in [5.41, 5.74) is 22.6. The molecule has 2 unspecified atom stereocenters. The van der Waals surface area contributed by atoms with E-state index >= 15 is 0 Å². The Morgan fingerprint density at radius 2 is 0.700 bits per heavy atom. The van der Waals surface area contributed by atoms with Crippen LogP contribution in [0.5, 0.6) is 0 Å². The molecule has 10 aromatic rings. The lowest BCUT2D eigenvalue weighted by atomic mass is 9.67. The van der Waals surface area contributed by atoms with Gasteiger partial charge in [0.05, 0.1) is 10.8 Å². The van der Waals surface area contributed by atoms with Crippen LogP contribution in [-0.4, -0.2) is 0 Å². The molecule has 10 aromatic carbocycles. The Morgan fingerprint density at radius 1 is 0.329 bits per heavy atom. The molecule has 0 aromatic heterocycles. The zero-order chi connectivity index (χ0) is 47.6. The highest BCUT2D eigenvalue weighted by atomic mass is 15.1. The number of hydrogen-bond donors (Lipinski definition) is 0. The van der Waals surface area contributed by atoms with Crippen molar-refractivity contribution in [2.45, 2.75) is 56.8 Å². The second kappa shape index (κ2) is 16.9. The Balaban J connectivity index is 1.12. The van der Waals surface area contributed by atoms with Crippen molar-refractivity contribution < 1.29 is 0 Å². The Labute approximate surface area is 414 Å². The number of hydrogen-bond acceptors (Lipinski definition) is 1. The van der Waals surface area contributed by atoms with Gasteiger partial charge in [-0.3, -0.25) is 0 Å². The van der Waals surface area contributed by atoms with E-state index in [0.29, 0.717) is 5.92 Å². The Morgan fingerprint density at radius 3 is 1.16 bits per heavy atom. The Kier molecular flexibility index (Phi) is 10.5. The third kappa shape index (κ3) is 6.74. The second-order valence-corrected chi connectivity index (χ2v) is 20.6. The standard InChI is InChI=1S/C69H57N/c1-47(2)48-29-33-54(34-30-48)68(52-21-11-7-12-22-52)63-27-17-15-25-59(63)61-43-41-57(45-65(61)68)70(56-39-31-50(32-40-56)49-19-9-6-10-20-49)58-42-44-62-60-26-16-18-28-64(60)69(66(62)46-58,53-23-13-8-14-24-53)55-37-35-51(36-38-55)67(3,4)5/h6-47H,1-5H3. The molecule has 0 spiro atoms. The average molecular weight is 900 g/mol. The Bertz CT molecular complexity index is 3510. The number of fused-ring (bicyclic) bond motifs is 6. The van der Waals surface area contributed by atoms with Gasteiger partial charge in [0, 0.05) is 17.1 Å². The van der Waals surface area contributed by atoms with Crippen LogP contribution < -0.4 is 4.90 Å². The highest BCUT2D eigenvalue weighted by Gasteiger charge is 2.48. The van der Waals surface area contributed by atoms with Crippen LogP contribution in [0.2, 0.25) is 0 Å². The van der Waals surface area contributed by atoms with Gasteiger partial charge >= 0.3 is 0 Å². The van der Waals surface area contributed by atoms with Crippen LogP contribution in [0.15, 0.2) is 249 Å². The molecule has 1 nitrogen and oxygen atoms in total. The fourth-order valence-electron chi connectivity index (χ4n) is 12.0. The monoisotopic (exact) mass is 899 g/mol. The van der Waals surface area contributed by atoms with E-state index in [1.165, 1.54) is 89.0 Å². The summed E-state index contributed by atoms with van der Waals surface area (Å²) >= 11 is 0. The molecular weight excluding hydrogens is 843 g/mol. The molecule has 12 rings (SSSR count). The molecule has 0 saturated heterocycles. The van der Waals surface area contributed by atoms with Crippen LogP contribution in [0.4, 0.5) is 17.1 Å². The summed E-state index contributed by atoms with van der Waals surface area (Å²) in [6.07, 6.45) is 0. The van der Waals surface area contributed by atoms with Gasteiger partial charge in [0.15, 0.2) is 0 Å². The third-order valence-corrected chi connectivity index (χ3v) is 15.4. The number of benzene rings is 10. The van der Waals surface area contributed by atoms with E-state index < -0.39 is 10.8 Å². The lowest BCUT2D eigenvalue weighted by Crippen LogP contribution is -2.29. The zero-order valence-corrected chi connectivity index (χ0v) is 40.7. The van der Waals surface area contributed by atoms with Gasteiger partial charge in [0.2, 0.25) is 0 Å². The summed E-state index contributed by atoms with van der Waals surface area (Å²) in [5.74, 6) is 0.432. The summed E-state index contributed by atoms with van der Waals surface area (Å²) < 4.78 is 0. The quantitative estimate of drug-likeness (QED) is 0.140. The average Bonchev–Trinajstić information content (AvgIpc) is 3.87. The molecule has 2 aliphatic carbocycles. The first-order valence-electron chi connectivity index (χ1n) is 24.9. The van der Waals surface area contributed by atoms with E-state index in [2.05, 4.69) is 288 Å². The predicted molar refractivity (Wildman–Crippen MR) is 294 cm³/mol. The van der Waals surface area contributed by atoms with Gasteiger partial charge in [-0.1, -0.05) is 247 Å². The lowest BCUT2D eigenvalue weighted by molar-refractivity contribution is 0.589. The highest BCUT2D eigenvalue weighted by Crippen LogP contribution is 2.60. The van der Waals surface area contributed by atoms with E-state index in [9.17, 15) is 0 Å². The number of anilines is 3. The number of nitrogens with zero attached hydrogens (tertiary/aromatic N) is 1. The zero-order valence-electron chi connectivity index (χ0n) is 40.7. The van der Waals surface area contributed by atoms with Crippen molar-refractivity contribution in [1.29, 1.82) is 0 Å². The van der Waals surface area contributed by atoms with E-state index in [1.807, 2.05) is 0 Å². The van der Waals surface area contributed by atoms with Crippen LogP contribution in [0.1, 0.15) is 96.2 Å². The van der Waals surface area contributed by atoms with Crippen molar-refractivity contribution in [2.24, 2.45) is 0 Å². The molecule has 0 bridgehead atoms. The molecule has 70 heavy (non-hydrogen) atoms. The molecule has 0 heterocycles. The van der Waals surface area contributed by atoms with E-state index in [-0.39, 0.29) is 5.41 Å². The molecule has 1 heteroatoms. The summed E-state index contributed by atoms with van der Waals surface area (Å²) in [6, 6.07) is 93.8. The first kappa shape index (κ1) is 43.3. The first-order chi connectivity index (χ1) is 34.2. The second-order valence-electron chi connectivity index (χ2n) is 20.6. The molecule has 0 radical (unpaired) electrons. The van der Waals surface area contributed by atoms with Crippen molar-refractivity contribution in [3.8, 4) is 33.4 Å². The smallest absolute Gasteiger partial charge is 0.0714 e. The number of rotatable bonds is 9. The minimum atomic E-state index is -0.563. The van der Waals surface area contributed by atoms with Gasteiger partial charge in [-0.05, 0) is 137 Å². The summed E-state index contributed by atoms with van der Waals surface area (Å²) in [6.45, 7) is 11.4. The van der Waals surface area contributed by atoms with Gasteiger partial charge in [-0.25, -0.2) is 0 Å². The van der Waals surface area contributed by atoms with Crippen LogP contribution in [0.3, 0.4) is 0 Å². The molecule has 0 aliphatic heterocycles. The predicted octanol–water partition coefficient (Wildman–Crippen LogP) is 18.0. The molecule has 0 fully saturated rings. The fraction of sp³-hybridized carbons (Fsp3) is 0.130. The van der Waals surface area contributed by atoms with Crippen LogP contribution >= 0.6 is 0 Å². The lowest BCUT2D eigenvalue weighted by Gasteiger charge is -2.36. The third-order valence-electron chi connectivity index (χ3n) is 15.4. The Hall–Kier alpha value is -8.00. The van der Waals surface area contributed by atoms with Crippen LogP contribution in [-0.2, 0) is 16.2 Å². The van der Waals surface area contributed by atoms with Crippen molar-refractivity contribution in [1.82, 2.24) is 0 Å². The maximum absolute atomic E-state index is 2.50. The molecule has 2 atom stereocenters. The highest BCUT2D eigenvalue weighted by molar-refractivity contribution is 5.92. The molecule has 0 amide bonds. The van der Waals surface area contributed by atoms with Gasteiger partial charge in [-0.15, -0.1) is 0 Å². The molecule has 0 saturated carbocycles. The van der Waals surface area contributed by atoms with Crippen LogP contribution in [0.25, 0.3) is 33.4 Å². The SMILES string of the molecule is CC(C)c1ccc(C2(c3ccccc3)c3ccccc3-c3ccc(N(c4ccc(-c5ccccc5)cc4)c4ccc5c(c4)C(c4ccccc4)(c4ccc(C(C)(C)C)cc4)c4ccccc4-5)cc32)cc1. The van der Waals surface area contributed by atoms with Gasteiger partial charge in [-0.2, -0.15) is 0 Å². The first-order valence-corrected chi connectivity index (χ1v) is 24.9. The van der Waals surface area contributed by atoms with Crippen molar-refractivity contribution in [3.63, 3.8) is 0 Å². The topological polar surface area (TPSA) is 3.24 Å². The van der Waals surface area contributed by atoms with Gasteiger partial charge in [0.1, 0.15) is 0 Å². The van der Waals surface area contributed by atoms with E-state index in [4.69, 9.17) is 0 Å². The molecule has 2 aliphatic rings. The minimum Gasteiger partial charge on any atom is -0.310 e. The minimum absolute atomic E-state index is 0.0283. The van der Waals surface area contributed by atoms with E-state index in [1.54, 1.807) is 0 Å². The van der Waals surface area contributed by atoms with Gasteiger partial charge in [0.25, 0.3) is 0 Å². The normalized spacial score (nSPS) is 16.6. The van der Waals surface area contributed by atoms with Crippen molar-refractivity contribution >= 4 is 17.1 Å². The summed E-state index contributed by atoms with van der Waals surface area (Å²) in [4.78, 5) is 2.50. The largest absolute Gasteiger partial charge is 0.310 e. The fourth-order valence-corrected chi connectivity index (χ4v) is 12.0. The van der Waals surface area contributed by atoms with Crippen molar-refractivity contribution in [2.75, 3.05) is 4.90 Å². The maximum atomic E-state index is 2.50. The molecule has 338 valence electrons. The molecular formula is C69H57N. The molecule has 0 N–H and O–H groups in total. The van der Waals surface area contributed by atoms with Crippen LogP contribution in [0, 0.1) is 0 Å².